The van der Waals surface area contributed by atoms with Crippen LogP contribution in [-0.2, 0) is 0 Å². The first-order valence-corrected chi connectivity index (χ1v) is 4.13. The van der Waals surface area contributed by atoms with Crippen molar-refractivity contribution in [3.8, 4) is 0 Å². The maximum atomic E-state index is 11.2. The minimum absolute atomic E-state index is 0.244. The molecule has 3 nitrogen and oxygen atoms in total. The molecule has 1 rings (SSSR count). The van der Waals surface area contributed by atoms with E-state index in [9.17, 15) is 4.79 Å². The summed E-state index contributed by atoms with van der Waals surface area (Å²) < 4.78 is 0. The van der Waals surface area contributed by atoms with Gasteiger partial charge in [-0.05, 0) is 6.42 Å². The highest BCUT2D eigenvalue weighted by molar-refractivity contribution is 5.95. The van der Waals surface area contributed by atoms with E-state index < -0.39 is 0 Å². The summed E-state index contributed by atoms with van der Waals surface area (Å²) in [5.41, 5.74) is 0.828. The summed E-state index contributed by atoms with van der Waals surface area (Å²) in [6, 6.07) is 9.42. The van der Waals surface area contributed by atoms with Crippen LogP contribution in [0.15, 0.2) is 30.3 Å². The van der Waals surface area contributed by atoms with Gasteiger partial charge in [-0.25, -0.2) is 0 Å². The highest BCUT2D eigenvalue weighted by Gasteiger charge is 2.01. The van der Waals surface area contributed by atoms with E-state index in [-0.39, 0.29) is 5.78 Å². The third kappa shape index (κ3) is 4.40. The molecule has 0 heterocycles. The minimum atomic E-state index is 0.244. The molecule has 0 saturated carbocycles. The monoisotopic (exact) mass is 182 g/mol. The molecule has 0 aliphatic carbocycles. The fourth-order valence-corrected chi connectivity index (χ4v) is 0.995. The molecule has 0 unspecified atom stereocenters. The SMILES string of the molecule is CCCC(=O)c1ccccc1.OO. The van der Waals surface area contributed by atoms with E-state index in [1.165, 1.54) is 0 Å². The molecule has 0 bridgehead atoms. The van der Waals surface area contributed by atoms with Gasteiger partial charge in [-0.15, -0.1) is 0 Å². The Balaban J connectivity index is 0.000000671. The van der Waals surface area contributed by atoms with Crippen LogP contribution in [-0.4, -0.2) is 16.3 Å². The predicted molar refractivity (Wildman–Crippen MR) is 50.9 cm³/mol. The van der Waals surface area contributed by atoms with Crippen LogP contribution in [0.5, 0.6) is 0 Å². The summed E-state index contributed by atoms with van der Waals surface area (Å²) in [5.74, 6) is 0.244. The lowest BCUT2D eigenvalue weighted by Crippen LogP contribution is -1.96. The number of hydrogen-bond acceptors (Lipinski definition) is 3. The normalized spacial score (nSPS) is 8.54. The van der Waals surface area contributed by atoms with E-state index in [1.807, 2.05) is 37.3 Å². The van der Waals surface area contributed by atoms with Crippen LogP contribution in [0.1, 0.15) is 30.1 Å². The van der Waals surface area contributed by atoms with E-state index in [0.717, 1.165) is 12.0 Å². The van der Waals surface area contributed by atoms with Crippen molar-refractivity contribution in [1.29, 1.82) is 0 Å². The van der Waals surface area contributed by atoms with Gasteiger partial charge in [0.2, 0.25) is 0 Å². The Hall–Kier alpha value is -1.19. The number of carbonyl (C=O) groups excluding carboxylic acids is 1. The Kier molecular flexibility index (Phi) is 6.78. The van der Waals surface area contributed by atoms with E-state index in [4.69, 9.17) is 10.5 Å². The van der Waals surface area contributed by atoms with Gasteiger partial charge in [0.15, 0.2) is 5.78 Å². The van der Waals surface area contributed by atoms with Crippen molar-refractivity contribution in [3.05, 3.63) is 35.9 Å². The molecular formula is C10H14O3. The van der Waals surface area contributed by atoms with E-state index >= 15 is 0 Å². The first-order chi connectivity index (χ1) is 6.34. The Morgan fingerprint density at radius 3 is 2.23 bits per heavy atom. The molecule has 0 aromatic heterocycles. The second kappa shape index (κ2) is 7.46. The first kappa shape index (κ1) is 11.8. The summed E-state index contributed by atoms with van der Waals surface area (Å²) in [4.78, 5) is 11.2. The van der Waals surface area contributed by atoms with Crippen molar-refractivity contribution in [2.45, 2.75) is 19.8 Å². The van der Waals surface area contributed by atoms with Gasteiger partial charge in [-0.1, -0.05) is 37.3 Å². The van der Waals surface area contributed by atoms with Gasteiger partial charge in [-0.3, -0.25) is 15.3 Å². The molecule has 0 radical (unpaired) electrons. The maximum absolute atomic E-state index is 11.2. The molecule has 1 aromatic carbocycles. The second-order valence-corrected chi connectivity index (χ2v) is 2.54. The number of carbonyl (C=O) groups is 1. The summed E-state index contributed by atoms with van der Waals surface area (Å²) in [6.07, 6.45) is 1.58. The van der Waals surface area contributed by atoms with Gasteiger partial charge in [-0.2, -0.15) is 0 Å². The Bertz CT molecular complexity index is 231. The maximum Gasteiger partial charge on any atom is 0.162 e. The lowest BCUT2D eigenvalue weighted by atomic mass is 10.1. The van der Waals surface area contributed by atoms with Crippen molar-refractivity contribution in [1.82, 2.24) is 0 Å². The summed E-state index contributed by atoms with van der Waals surface area (Å²) in [6.45, 7) is 2.01. The quantitative estimate of drug-likeness (QED) is 0.429. The van der Waals surface area contributed by atoms with Gasteiger partial charge in [0, 0.05) is 12.0 Å². The van der Waals surface area contributed by atoms with Crippen molar-refractivity contribution in [3.63, 3.8) is 0 Å². The van der Waals surface area contributed by atoms with Gasteiger partial charge in [0.1, 0.15) is 0 Å². The Morgan fingerprint density at radius 1 is 1.23 bits per heavy atom. The van der Waals surface area contributed by atoms with E-state index in [2.05, 4.69) is 0 Å². The van der Waals surface area contributed by atoms with Crippen LogP contribution < -0.4 is 0 Å². The van der Waals surface area contributed by atoms with Gasteiger partial charge in [0.05, 0.1) is 0 Å². The van der Waals surface area contributed by atoms with Crippen LogP contribution in [0.25, 0.3) is 0 Å². The Labute approximate surface area is 77.6 Å². The summed E-state index contributed by atoms with van der Waals surface area (Å²) >= 11 is 0. The molecule has 0 saturated heterocycles. The smallest absolute Gasteiger partial charge is 0.162 e. The number of rotatable bonds is 3. The fourth-order valence-electron chi connectivity index (χ4n) is 0.995. The molecule has 2 N–H and O–H groups in total. The first-order valence-electron chi connectivity index (χ1n) is 4.13. The lowest BCUT2D eigenvalue weighted by Gasteiger charge is -1.96. The van der Waals surface area contributed by atoms with Crippen molar-refractivity contribution in [2.75, 3.05) is 0 Å². The zero-order valence-electron chi connectivity index (χ0n) is 7.60. The largest absolute Gasteiger partial charge is 0.294 e. The summed E-state index contributed by atoms with van der Waals surface area (Å²) in [7, 11) is 0. The molecule has 0 aliphatic rings. The zero-order chi connectivity index (χ0) is 10.1. The van der Waals surface area contributed by atoms with E-state index in [0.29, 0.717) is 6.42 Å². The molecule has 0 amide bonds. The van der Waals surface area contributed by atoms with Crippen molar-refractivity contribution in [2.24, 2.45) is 0 Å². The average molecular weight is 182 g/mol. The van der Waals surface area contributed by atoms with Crippen molar-refractivity contribution >= 4 is 5.78 Å². The average Bonchev–Trinajstić information content (AvgIpc) is 2.23. The highest BCUT2D eigenvalue weighted by Crippen LogP contribution is 2.03. The molecule has 3 heteroatoms. The summed E-state index contributed by atoms with van der Waals surface area (Å²) in [5, 5.41) is 12.0. The van der Waals surface area contributed by atoms with Crippen LogP contribution in [0, 0.1) is 0 Å². The molecule has 0 atom stereocenters. The molecular weight excluding hydrogens is 168 g/mol. The van der Waals surface area contributed by atoms with Crippen LogP contribution in [0.4, 0.5) is 0 Å². The Morgan fingerprint density at radius 2 is 1.77 bits per heavy atom. The topological polar surface area (TPSA) is 57.5 Å². The molecule has 1 aromatic rings. The third-order valence-corrected chi connectivity index (χ3v) is 1.57. The number of hydrogen-bond donors (Lipinski definition) is 2. The third-order valence-electron chi connectivity index (χ3n) is 1.57. The van der Waals surface area contributed by atoms with E-state index in [1.54, 1.807) is 0 Å². The lowest BCUT2D eigenvalue weighted by molar-refractivity contribution is -0.176. The highest BCUT2D eigenvalue weighted by atomic mass is 17.0. The van der Waals surface area contributed by atoms with Crippen molar-refractivity contribution < 1.29 is 15.3 Å². The minimum Gasteiger partial charge on any atom is -0.294 e. The number of benzene rings is 1. The van der Waals surface area contributed by atoms with Gasteiger partial charge < -0.3 is 0 Å². The number of Topliss-reactive ketones (excluding diaryl/α,β-unsaturated/α-hetero) is 1. The van der Waals surface area contributed by atoms with Crippen LogP contribution in [0.3, 0.4) is 0 Å². The molecule has 0 fully saturated rings. The van der Waals surface area contributed by atoms with Crippen LogP contribution in [0.2, 0.25) is 0 Å². The predicted octanol–water partition coefficient (Wildman–Crippen LogP) is 2.69. The molecule has 72 valence electrons. The molecule has 0 spiro atoms. The standard InChI is InChI=1S/C10H12O.H2O2/c1-2-6-10(11)9-7-4-3-5-8-9;1-2/h3-5,7-8H,2,6H2,1H3;1-2H. The van der Waals surface area contributed by atoms with Gasteiger partial charge in [0.25, 0.3) is 0 Å². The van der Waals surface area contributed by atoms with Crippen LogP contribution >= 0.6 is 0 Å². The second-order valence-electron chi connectivity index (χ2n) is 2.54. The number of ketones is 1. The molecule has 0 aliphatic heterocycles. The van der Waals surface area contributed by atoms with Gasteiger partial charge >= 0.3 is 0 Å². The zero-order valence-corrected chi connectivity index (χ0v) is 7.60. The molecule has 13 heavy (non-hydrogen) atoms. The fraction of sp³-hybridized carbons (Fsp3) is 0.300.